The van der Waals surface area contributed by atoms with Crippen LogP contribution in [0.1, 0.15) is 147 Å². The van der Waals surface area contributed by atoms with Crippen LogP contribution < -0.4 is 5.32 Å². The van der Waals surface area contributed by atoms with E-state index in [1.54, 1.807) is 78.8 Å². The monoisotopic (exact) mass is 1060 g/mol. The first-order valence-electron chi connectivity index (χ1n) is 26.9. The van der Waals surface area contributed by atoms with E-state index in [4.69, 9.17) is 37.3 Å². The number of carbonyl (C=O) groups is 5. The van der Waals surface area contributed by atoms with Gasteiger partial charge in [0.2, 0.25) is 0 Å². The molecule has 1 aromatic carbocycles. The highest BCUT2D eigenvalue weighted by Crippen LogP contribution is 2.66. The zero-order valence-electron chi connectivity index (χ0n) is 46.9. The van der Waals surface area contributed by atoms with Crippen LogP contribution in [0.15, 0.2) is 41.5 Å². The van der Waals surface area contributed by atoms with E-state index in [1.165, 1.54) is 13.8 Å². The first kappa shape index (κ1) is 60.2. The number of fused-ring (bicyclic) bond motifs is 5. The van der Waals surface area contributed by atoms with Gasteiger partial charge in [0.05, 0.1) is 30.2 Å². The predicted molar refractivity (Wildman–Crippen MR) is 280 cm³/mol. The summed E-state index contributed by atoms with van der Waals surface area (Å²) in [6.07, 6.45) is -9.83. The minimum atomic E-state index is -2.67. The topological polar surface area (TPSA) is 212 Å². The number of alkyl carbamates (subject to hydrolysis) is 1. The first-order chi connectivity index (χ1) is 33.9. The number of esters is 4. The van der Waals surface area contributed by atoms with Gasteiger partial charge in [0, 0.05) is 37.5 Å². The quantitative estimate of drug-likeness (QED) is 0.0481. The molecule has 5 rings (SSSR count). The van der Waals surface area contributed by atoms with Gasteiger partial charge in [-0.15, -0.1) is 0 Å². The smallest absolute Gasteiger partial charge is 0.407 e. The molecule has 2 saturated carbocycles. The predicted octanol–water partition coefficient (Wildman–Crippen LogP) is 9.35. The van der Waals surface area contributed by atoms with Crippen molar-refractivity contribution in [1.29, 1.82) is 0 Å². The molecule has 73 heavy (non-hydrogen) atoms. The van der Waals surface area contributed by atoms with Crippen LogP contribution in [-0.2, 0) is 51.7 Å². The molecular weight excluding hydrogens is 971 g/mol. The Morgan fingerprint density at radius 3 is 1.90 bits per heavy atom. The number of carbonyl (C=O) groups excluding carboxylic acids is 5. The van der Waals surface area contributed by atoms with E-state index in [9.17, 15) is 29.4 Å². The van der Waals surface area contributed by atoms with Gasteiger partial charge in [-0.25, -0.2) is 14.4 Å². The minimum absolute atomic E-state index is 0.0289. The molecule has 3 fully saturated rings. The average molecular weight is 1060 g/mol. The Hall–Kier alpha value is -3.66. The molecular formula is C55H89NO15Si2. The van der Waals surface area contributed by atoms with Crippen molar-refractivity contribution in [3.05, 3.63) is 47.0 Å². The zero-order valence-corrected chi connectivity index (χ0v) is 48.9. The lowest BCUT2D eigenvalue weighted by atomic mass is 9.44. The summed E-state index contributed by atoms with van der Waals surface area (Å²) in [5.74, 6) is -4.35. The number of hydrogen-bond donors (Lipinski definition) is 3. The van der Waals surface area contributed by atoms with Gasteiger partial charge in [0.1, 0.15) is 35.6 Å². The van der Waals surface area contributed by atoms with Gasteiger partial charge in [-0.1, -0.05) is 94.4 Å². The SMILES string of the molecule is CC[Si](CC)(CC)OC1C[C@H]2OC[C@@]2(OC(C)=O)[C@H]2[C@H](OC(=O)c3ccccc3)[C@]3(O)C[C@H](OC(=O)[C@H](O[Si](CC)(CC)CC)[C@H](CC(C)C)NC(=O)OC(C)(C)C)C(C)=C([C@H](OC(C)=O)[C@H](O)[C@]12C)C3(C)C. The fraction of sp³-hybridized carbons (Fsp3) is 0.764. The van der Waals surface area contributed by atoms with Crippen LogP contribution in [-0.4, -0.2) is 129 Å². The van der Waals surface area contributed by atoms with Crippen molar-refractivity contribution in [2.75, 3.05) is 6.61 Å². The van der Waals surface area contributed by atoms with Gasteiger partial charge in [-0.2, -0.15) is 0 Å². The molecule has 3 N–H and O–H groups in total. The largest absolute Gasteiger partial charge is 0.456 e. The summed E-state index contributed by atoms with van der Waals surface area (Å²) in [6.45, 7) is 30.8. The highest BCUT2D eigenvalue weighted by Gasteiger charge is 2.78. The van der Waals surface area contributed by atoms with E-state index < -0.39 is 129 Å². The second-order valence-corrected chi connectivity index (χ2v) is 32.8. The Bertz CT molecular complexity index is 2150. The maximum Gasteiger partial charge on any atom is 0.407 e. The van der Waals surface area contributed by atoms with Gasteiger partial charge in [0.25, 0.3) is 0 Å². The van der Waals surface area contributed by atoms with Crippen molar-refractivity contribution in [3.63, 3.8) is 0 Å². The summed E-state index contributed by atoms with van der Waals surface area (Å²) in [7, 11) is -5.26. The highest BCUT2D eigenvalue weighted by molar-refractivity contribution is 6.74. The van der Waals surface area contributed by atoms with E-state index in [0.29, 0.717) is 30.1 Å². The van der Waals surface area contributed by atoms with E-state index in [0.717, 1.165) is 18.1 Å². The molecule has 18 heteroatoms. The number of amides is 1. The average Bonchev–Trinajstić information content (AvgIpc) is 3.30. The Kier molecular flexibility index (Phi) is 18.9. The van der Waals surface area contributed by atoms with Crippen LogP contribution in [0.3, 0.4) is 0 Å². The molecule has 1 saturated heterocycles. The molecule has 3 aliphatic carbocycles. The van der Waals surface area contributed by atoms with E-state index in [2.05, 4.69) is 26.1 Å². The highest BCUT2D eigenvalue weighted by atomic mass is 28.4. The number of ether oxygens (including phenoxy) is 6. The Balaban J connectivity index is 1.86. The number of benzene rings is 1. The van der Waals surface area contributed by atoms with E-state index >= 15 is 4.79 Å². The molecule has 2 bridgehead atoms. The van der Waals surface area contributed by atoms with Gasteiger partial charge in [0.15, 0.2) is 34.4 Å². The molecule has 0 aromatic heterocycles. The lowest BCUT2D eigenvalue weighted by Crippen LogP contribution is -2.83. The third kappa shape index (κ3) is 11.7. The number of hydrogen-bond acceptors (Lipinski definition) is 15. The third-order valence-corrected chi connectivity index (χ3v) is 26.6. The van der Waals surface area contributed by atoms with Crippen LogP contribution in [0.25, 0.3) is 0 Å². The van der Waals surface area contributed by atoms with Crippen molar-refractivity contribution in [3.8, 4) is 0 Å². The number of aliphatic hydroxyl groups excluding tert-OH is 1. The Morgan fingerprint density at radius 2 is 1.42 bits per heavy atom. The van der Waals surface area contributed by atoms with Gasteiger partial charge in [-0.3, -0.25) is 9.59 Å². The summed E-state index contributed by atoms with van der Waals surface area (Å²) in [5, 5.41) is 31.0. The van der Waals surface area contributed by atoms with Crippen molar-refractivity contribution in [1.82, 2.24) is 5.32 Å². The second-order valence-electron chi connectivity index (χ2n) is 23.4. The van der Waals surface area contributed by atoms with Gasteiger partial charge in [-0.05, 0) is 99.6 Å². The summed E-state index contributed by atoms with van der Waals surface area (Å²) >= 11 is 0. The fourth-order valence-corrected chi connectivity index (χ4v) is 18.5. The summed E-state index contributed by atoms with van der Waals surface area (Å²) in [6, 6.07) is 11.6. The Morgan fingerprint density at radius 1 is 0.849 bits per heavy atom. The number of rotatable bonds is 20. The molecule has 1 aliphatic heterocycles. The van der Waals surface area contributed by atoms with Crippen molar-refractivity contribution < 1.29 is 71.5 Å². The molecule has 412 valence electrons. The molecule has 4 aliphatic rings. The lowest BCUT2D eigenvalue weighted by molar-refractivity contribution is -0.363. The molecule has 0 radical (unpaired) electrons. The molecule has 0 spiro atoms. The zero-order chi connectivity index (χ0) is 54.9. The van der Waals surface area contributed by atoms with Crippen molar-refractivity contribution >= 4 is 46.6 Å². The van der Waals surface area contributed by atoms with Gasteiger partial charge < -0.3 is 52.8 Å². The van der Waals surface area contributed by atoms with Crippen molar-refractivity contribution in [2.24, 2.45) is 22.7 Å². The number of nitrogens with one attached hydrogen (secondary N) is 1. The molecule has 1 amide bonds. The van der Waals surface area contributed by atoms with Gasteiger partial charge >= 0.3 is 30.0 Å². The minimum Gasteiger partial charge on any atom is -0.456 e. The molecule has 1 heterocycles. The van der Waals surface area contributed by atoms with Crippen LogP contribution in [0.4, 0.5) is 4.79 Å². The van der Waals surface area contributed by atoms with Crippen molar-refractivity contribution in [2.45, 2.75) is 239 Å². The maximum atomic E-state index is 15.5. The van der Waals surface area contributed by atoms with Crippen LogP contribution in [0.2, 0.25) is 36.3 Å². The third-order valence-electron chi connectivity index (χ3n) is 17.3. The summed E-state index contributed by atoms with van der Waals surface area (Å²) in [4.78, 5) is 71.1. The molecule has 12 atom stereocenters. The number of aliphatic hydroxyl groups is 2. The van der Waals surface area contributed by atoms with Crippen LogP contribution in [0.5, 0.6) is 0 Å². The Labute approximate surface area is 436 Å². The molecule has 1 aromatic rings. The maximum absolute atomic E-state index is 15.5. The van der Waals surface area contributed by atoms with E-state index in [1.807, 2.05) is 34.6 Å². The summed E-state index contributed by atoms with van der Waals surface area (Å²) in [5.41, 5.74) is -7.08. The molecule has 16 nitrogen and oxygen atoms in total. The van der Waals surface area contributed by atoms with Crippen LogP contribution >= 0.6 is 0 Å². The fourth-order valence-electron chi connectivity index (χ4n) is 12.7. The molecule has 1 unspecified atom stereocenters. The second kappa shape index (κ2) is 22.9. The van der Waals surface area contributed by atoms with Crippen LogP contribution in [0, 0.1) is 22.7 Å². The standard InChI is InChI=1S/C55H89NO15Si2/c1-18-72(19-2,20-3)70-40-30-41-54(32-64-41,68-36(11)58)45-47(67-48(60)37-27-25-24-26-28-37)55(63)31-39(34(9)42(52(55,15)16)44(65-35(10)57)46(59)53(40,45)17)66-49(61)43(71-73(21-4,22-5)23-6)38(29-33(7)8)56-50(62)69-51(12,13)14/h24-28,33,38-41,43-47,59,63H,18-23,29-32H2,1-17H3,(H,56,62)/t38-,39-,40?,41+,43+,44-,45-,46-,47-,53+,54-,55+/m0/s1. The normalized spacial score (nSPS) is 30.8. The lowest BCUT2D eigenvalue weighted by Gasteiger charge is -2.70. The first-order valence-corrected chi connectivity index (χ1v) is 31.9. The van der Waals surface area contributed by atoms with E-state index in [-0.39, 0.29) is 36.5 Å². The summed E-state index contributed by atoms with van der Waals surface area (Å²) < 4.78 is 52.8.